The van der Waals surface area contributed by atoms with Crippen molar-refractivity contribution in [2.45, 2.75) is 57.5 Å². The van der Waals surface area contributed by atoms with Gasteiger partial charge in [-0.15, -0.1) is 0 Å². The number of piperidine rings is 2. The van der Waals surface area contributed by atoms with Crippen LogP contribution >= 0.6 is 0 Å². The lowest BCUT2D eigenvalue weighted by Gasteiger charge is -2.43. The second-order valence-electron chi connectivity index (χ2n) is 8.20. The summed E-state index contributed by atoms with van der Waals surface area (Å²) in [6.07, 6.45) is 5.02. The number of hydrogen-bond donors (Lipinski definition) is 1. The second kappa shape index (κ2) is 8.95. The van der Waals surface area contributed by atoms with Crippen LogP contribution in [0.5, 0.6) is 5.75 Å². The normalized spacial score (nSPS) is 22.5. The molecule has 6 heteroatoms. The lowest BCUT2D eigenvalue weighted by Crippen LogP contribution is -2.54. The molecule has 2 amide bonds. The molecule has 1 aromatic rings. The first kappa shape index (κ1) is 20.6. The quantitative estimate of drug-likeness (QED) is 0.843. The van der Waals surface area contributed by atoms with Gasteiger partial charge in [-0.25, -0.2) is 0 Å². The molecular formula is C22H33N3O3. The van der Waals surface area contributed by atoms with Crippen molar-refractivity contribution >= 4 is 11.8 Å². The highest BCUT2D eigenvalue weighted by Crippen LogP contribution is 2.34. The molecule has 0 bridgehead atoms. The third-order valence-corrected chi connectivity index (χ3v) is 6.25. The first-order valence-corrected chi connectivity index (χ1v) is 10.4. The Kier molecular flexibility index (Phi) is 6.60. The summed E-state index contributed by atoms with van der Waals surface area (Å²) in [6.45, 7) is 6.66. The van der Waals surface area contributed by atoms with Crippen LogP contribution in [-0.2, 0) is 15.1 Å². The van der Waals surface area contributed by atoms with Crippen molar-refractivity contribution in [2.75, 3.05) is 33.3 Å². The number of carbonyl (C=O) groups excluding carboxylic acids is 2. The largest absolute Gasteiger partial charge is 0.497 e. The van der Waals surface area contributed by atoms with Crippen molar-refractivity contribution < 1.29 is 14.3 Å². The Labute approximate surface area is 168 Å². The van der Waals surface area contributed by atoms with E-state index in [1.807, 2.05) is 29.2 Å². The average Bonchev–Trinajstić information content (AvgIpc) is 2.69. The van der Waals surface area contributed by atoms with Gasteiger partial charge in [0.15, 0.2) is 0 Å². The van der Waals surface area contributed by atoms with Gasteiger partial charge in [0.1, 0.15) is 5.75 Å². The van der Waals surface area contributed by atoms with E-state index in [2.05, 4.69) is 17.1 Å². The van der Waals surface area contributed by atoms with Gasteiger partial charge in [0.2, 0.25) is 11.8 Å². The van der Waals surface area contributed by atoms with Gasteiger partial charge in [-0.1, -0.05) is 12.1 Å². The summed E-state index contributed by atoms with van der Waals surface area (Å²) in [5, 5.41) is 3.19. The maximum Gasteiger partial charge on any atom is 0.236 e. The van der Waals surface area contributed by atoms with E-state index in [1.54, 1.807) is 14.0 Å². The standard InChI is InChI=1S/C22H33N3O3/c1-17-6-4-5-13-25(17)21(27)16-24-14-11-22(12-15-24,23-18(2)26)19-7-9-20(28-3)10-8-19/h7-10,17H,4-6,11-16H2,1-3H3,(H,23,26). The van der Waals surface area contributed by atoms with Crippen LogP contribution in [0.4, 0.5) is 0 Å². The molecule has 3 rings (SSSR count). The van der Waals surface area contributed by atoms with E-state index >= 15 is 0 Å². The molecule has 1 N–H and O–H groups in total. The zero-order chi connectivity index (χ0) is 20.1. The van der Waals surface area contributed by atoms with Crippen LogP contribution in [-0.4, -0.2) is 60.9 Å². The van der Waals surface area contributed by atoms with Gasteiger partial charge in [0.05, 0.1) is 19.2 Å². The maximum absolute atomic E-state index is 12.8. The van der Waals surface area contributed by atoms with Gasteiger partial charge in [-0.3, -0.25) is 14.5 Å². The number of nitrogens with one attached hydrogen (secondary N) is 1. The number of benzene rings is 1. The smallest absolute Gasteiger partial charge is 0.236 e. The van der Waals surface area contributed by atoms with Crippen molar-refractivity contribution in [3.63, 3.8) is 0 Å². The molecule has 2 fully saturated rings. The fourth-order valence-corrected chi connectivity index (χ4v) is 4.58. The molecule has 0 aliphatic carbocycles. The highest BCUT2D eigenvalue weighted by Gasteiger charge is 2.38. The maximum atomic E-state index is 12.8. The van der Waals surface area contributed by atoms with Gasteiger partial charge >= 0.3 is 0 Å². The van der Waals surface area contributed by atoms with E-state index < -0.39 is 0 Å². The summed E-state index contributed by atoms with van der Waals surface area (Å²) < 4.78 is 5.26. The molecule has 0 aromatic heterocycles. The third kappa shape index (κ3) is 4.66. The Balaban J connectivity index is 1.65. The molecule has 0 saturated carbocycles. The Hall–Kier alpha value is -2.08. The monoisotopic (exact) mass is 387 g/mol. The first-order valence-electron chi connectivity index (χ1n) is 10.4. The fourth-order valence-electron chi connectivity index (χ4n) is 4.58. The average molecular weight is 388 g/mol. The minimum atomic E-state index is -0.379. The number of methoxy groups -OCH3 is 1. The molecule has 2 saturated heterocycles. The Morgan fingerprint density at radius 1 is 1.14 bits per heavy atom. The highest BCUT2D eigenvalue weighted by molar-refractivity contribution is 5.78. The topological polar surface area (TPSA) is 61.9 Å². The van der Waals surface area contributed by atoms with Gasteiger partial charge in [-0.2, -0.15) is 0 Å². The number of ether oxygens (including phenoxy) is 1. The first-order chi connectivity index (χ1) is 13.4. The van der Waals surface area contributed by atoms with Crippen LogP contribution in [0.15, 0.2) is 24.3 Å². The molecular weight excluding hydrogens is 354 g/mol. The van der Waals surface area contributed by atoms with Crippen molar-refractivity contribution in [1.29, 1.82) is 0 Å². The lowest BCUT2D eigenvalue weighted by molar-refractivity contribution is -0.136. The van der Waals surface area contributed by atoms with Crippen LogP contribution in [0.2, 0.25) is 0 Å². The summed E-state index contributed by atoms with van der Waals surface area (Å²) >= 11 is 0. The molecule has 2 heterocycles. The van der Waals surface area contributed by atoms with Crippen LogP contribution in [0.1, 0.15) is 51.5 Å². The van der Waals surface area contributed by atoms with Crippen molar-refractivity contribution in [2.24, 2.45) is 0 Å². The third-order valence-electron chi connectivity index (χ3n) is 6.25. The van der Waals surface area contributed by atoms with Crippen LogP contribution in [0.25, 0.3) is 0 Å². The minimum absolute atomic E-state index is 0.0255. The van der Waals surface area contributed by atoms with E-state index in [0.717, 1.165) is 56.6 Å². The van der Waals surface area contributed by atoms with Crippen LogP contribution in [0.3, 0.4) is 0 Å². The Morgan fingerprint density at radius 3 is 2.39 bits per heavy atom. The molecule has 1 atom stereocenters. The molecule has 6 nitrogen and oxygen atoms in total. The van der Waals surface area contributed by atoms with Crippen molar-refractivity contribution in [3.8, 4) is 5.75 Å². The zero-order valence-corrected chi connectivity index (χ0v) is 17.4. The second-order valence-corrected chi connectivity index (χ2v) is 8.20. The summed E-state index contributed by atoms with van der Waals surface area (Å²) in [5.41, 5.74) is 0.718. The van der Waals surface area contributed by atoms with E-state index in [1.165, 1.54) is 6.42 Å². The number of carbonyl (C=O) groups is 2. The number of likely N-dealkylation sites (tertiary alicyclic amines) is 2. The zero-order valence-electron chi connectivity index (χ0n) is 17.4. The van der Waals surface area contributed by atoms with Gasteiger partial charge in [-0.05, 0) is 56.7 Å². The molecule has 0 radical (unpaired) electrons. The summed E-state index contributed by atoms with van der Waals surface area (Å²) in [7, 11) is 1.65. The molecule has 2 aliphatic heterocycles. The minimum Gasteiger partial charge on any atom is -0.497 e. The number of hydrogen-bond acceptors (Lipinski definition) is 4. The molecule has 28 heavy (non-hydrogen) atoms. The van der Waals surface area contributed by atoms with Crippen molar-refractivity contribution in [1.82, 2.24) is 15.1 Å². The van der Waals surface area contributed by atoms with E-state index in [4.69, 9.17) is 4.74 Å². The van der Waals surface area contributed by atoms with Crippen LogP contribution in [0, 0.1) is 0 Å². The highest BCUT2D eigenvalue weighted by atomic mass is 16.5. The van der Waals surface area contributed by atoms with Gasteiger partial charge in [0, 0.05) is 32.6 Å². The van der Waals surface area contributed by atoms with Gasteiger partial charge < -0.3 is 15.0 Å². The summed E-state index contributed by atoms with van der Waals surface area (Å²) in [6, 6.07) is 8.29. The number of amides is 2. The Bertz CT molecular complexity index is 681. The molecule has 154 valence electrons. The fraction of sp³-hybridized carbons (Fsp3) is 0.636. The summed E-state index contributed by atoms with van der Waals surface area (Å²) in [4.78, 5) is 28.9. The van der Waals surface area contributed by atoms with Crippen molar-refractivity contribution in [3.05, 3.63) is 29.8 Å². The van der Waals surface area contributed by atoms with Gasteiger partial charge in [0.25, 0.3) is 0 Å². The Morgan fingerprint density at radius 2 is 1.82 bits per heavy atom. The number of rotatable bonds is 5. The predicted octanol–water partition coefficient (Wildman–Crippen LogP) is 2.52. The predicted molar refractivity (Wildman–Crippen MR) is 109 cm³/mol. The molecule has 1 aromatic carbocycles. The van der Waals surface area contributed by atoms with E-state index in [0.29, 0.717) is 12.6 Å². The molecule has 1 unspecified atom stereocenters. The lowest BCUT2D eigenvalue weighted by atomic mass is 9.80. The molecule has 2 aliphatic rings. The molecule has 0 spiro atoms. The number of nitrogens with zero attached hydrogens (tertiary/aromatic N) is 2. The SMILES string of the molecule is COc1ccc(C2(NC(C)=O)CCN(CC(=O)N3CCCCC3C)CC2)cc1. The van der Waals surface area contributed by atoms with E-state index in [9.17, 15) is 9.59 Å². The van der Waals surface area contributed by atoms with E-state index in [-0.39, 0.29) is 17.4 Å². The summed E-state index contributed by atoms with van der Waals surface area (Å²) in [5.74, 6) is 1.02. The van der Waals surface area contributed by atoms with Crippen LogP contribution < -0.4 is 10.1 Å².